The minimum atomic E-state index is -0.214. The van der Waals surface area contributed by atoms with Gasteiger partial charge in [-0.05, 0) is 59.0 Å². The van der Waals surface area contributed by atoms with E-state index < -0.39 is 0 Å². The van der Waals surface area contributed by atoms with E-state index in [1.807, 2.05) is 20.8 Å². The van der Waals surface area contributed by atoms with Crippen LogP contribution in [0.25, 0.3) is 0 Å². The summed E-state index contributed by atoms with van der Waals surface area (Å²) in [5.74, 6) is 1.33. The van der Waals surface area contributed by atoms with Gasteiger partial charge < -0.3 is 16.0 Å². The SMILES string of the molecule is CN=C(NCC(=O)NC(C)(C)C)NCC(CC(C)C)N1CCCC1.I. The Kier molecular flexibility index (Phi) is 11.7. The molecular weight excluding hydrogens is 429 g/mol. The molecule has 25 heavy (non-hydrogen) atoms. The van der Waals surface area contributed by atoms with E-state index in [9.17, 15) is 4.79 Å². The summed E-state index contributed by atoms with van der Waals surface area (Å²) in [6.07, 6.45) is 3.78. The lowest BCUT2D eigenvalue weighted by atomic mass is 10.0. The van der Waals surface area contributed by atoms with E-state index in [4.69, 9.17) is 0 Å². The molecule has 0 spiro atoms. The Morgan fingerprint density at radius 2 is 1.76 bits per heavy atom. The molecule has 1 heterocycles. The Morgan fingerprint density at radius 3 is 2.24 bits per heavy atom. The molecule has 0 aromatic rings. The van der Waals surface area contributed by atoms with Gasteiger partial charge in [-0.25, -0.2) is 0 Å². The molecule has 1 aliphatic rings. The van der Waals surface area contributed by atoms with Crippen LogP contribution in [0.15, 0.2) is 4.99 Å². The summed E-state index contributed by atoms with van der Waals surface area (Å²) in [6.45, 7) is 14.0. The van der Waals surface area contributed by atoms with Crippen molar-refractivity contribution in [3.63, 3.8) is 0 Å². The summed E-state index contributed by atoms with van der Waals surface area (Å²) in [6, 6.07) is 0.523. The lowest BCUT2D eigenvalue weighted by Crippen LogP contribution is -2.50. The number of hydrogen-bond donors (Lipinski definition) is 3. The molecule has 1 unspecified atom stereocenters. The Labute approximate surface area is 171 Å². The Bertz CT molecular complexity index is 414. The second-order valence-electron chi connectivity index (χ2n) is 8.13. The Balaban J connectivity index is 0.00000576. The molecule has 1 aliphatic heterocycles. The van der Waals surface area contributed by atoms with E-state index in [2.05, 4.69) is 39.7 Å². The van der Waals surface area contributed by atoms with Gasteiger partial charge in [-0.2, -0.15) is 0 Å². The first-order chi connectivity index (χ1) is 11.2. The van der Waals surface area contributed by atoms with Crippen LogP contribution in [0.1, 0.15) is 53.9 Å². The van der Waals surface area contributed by atoms with Crippen LogP contribution in [-0.2, 0) is 4.79 Å². The van der Waals surface area contributed by atoms with Crippen LogP contribution in [0.3, 0.4) is 0 Å². The lowest BCUT2D eigenvalue weighted by Gasteiger charge is -2.29. The van der Waals surface area contributed by atoms with Gasteiger partial charge in [0.25, 0.3) is 0 Å². The van der Waals surface area contributed by atoms with Crippen molar-refractivity contribution in [1.29, 1.82) is 0 Å². The largest absolute Gasteiger partial charge is 0.355 e. The van der Waals surface area contributed by atoms with Crippen LogP contribution in [0.2, 0.25) is 0 Å². The summed E-state index contributed by atoms with van der Waals surface area (Å²) >= 11 is 0. The molecule has 3 N–H and O–H groups in total. The normalized spacial score (nSPS) is 17.2. The zero-order valence-electron chi connectivity index (χ0n) is 16.8. The number of halogens is 1. The quantitative estimate of drug-likeness (QED) is 0.305. The fraction of sp³-hybridized carbons (Fsp3) is 0.889. The van der Waals surface area contributed by atoms with Gasteiger partial charge in [-0.15, -0.1) is 24.0 Å². The molecular formula is C18H38IN5O. The van der Waals surface area contributed by atoms with Crippen molar-refractivity contribution < 1.29 is 4.79 Å². The first-order valence-electron chi connectivity index (χ1n) is 9.21. The third-order valence-electron chi connectivity index (χ3n) is 4.06. The maximum Gasteiger partial charge on any atom is 0.239 e. The van der Waals surface area contributed by atoms with Gasteiger partial charge in [0.15, 0.2) is 5.96 Å². The average Bonchev–Trinajstić information content (AvgIpc) is 2.97. The molecule has 1 saturated heterocycles. The van der Waals surface area contributed by atoms with E-state index in [-0.39, 0.29) is 42.0 Å². The molecule has 148 valence electrons. The molecule has 1 amide bonds. The highest BCUT2D eigenvalue weighted by atomic mass is 127. The predicted octanol–water partition coefficient (Wildman–Crippen LogP) is 2.19. The van der Waals surface area contributed by atoms with Crippen LogP contribution in [0, 0.1) is 5.92 Å². The Hall–Kier alpha value is -0.570. The predicted molar refractivity (Wildman–Crippen MR) is 117 cm³/mol. The van der Waals surface area contributed by atoms with Gasteiger partial charge in [0.1, 0.15) is 0 Å². The summed E-state index contributed by atoms with van der Waals surface area (Å²) in [5.41, 5.74) is -0.214. The molecule has 7 heteroatoms. The lowest BCUT2D eigenvalue weighted by molar-refractivity contribution is -0.121. The number of carbonyl (C=O) groups excluding carboxylic acids is 1. The second kappa shape index (κ2) is 11.9. The number of aliphatic imine (C=N–C) groups is 1. The molecule has 1 fully saturated rings. The van der Waals surface area contributed by atoms with Gasteiger partial charge in [0.2, 0.25) is 5.91 Å². The number of nitrogens with one attached hydrogen (secondary N) is 3. The first kappa shape index (κ1) is 24.4. The van der Waals surface area contributed by atoms with E-state index in [1.165, 1.54) is 32.4 Å². The van der Waals surface area contributed by atoms with Crippen molar-refractivity contribution in [2.24, 2.45) is 10.9 Å². The molecule has 1 rings (SSSR count). The van der Waals surface area contributed by atoms with Gasteiger partial charge >= 0.3 is 0 Å². The molecule has 0 aromatic carbocycles. The summed E-state index contributed by atoms with van der Waals surface area (Å²) in [4.78, 5) is 18.7. The summed E-state index contributed by atoms with van der Waals surface area (Å²) < 4.78 is 0. The molecule has 0 aromatic heterocycles. The average molecular weight is 467 g/mol. The van der Waals surface area contributed by atoms with Crippen molar-refractivity contribution in [2.75, 3.05) is 33.2 Å². The standard InChI is InChI=1S/C18H37N5O.HI/c1-14(2)11-15(23-9-7-8-10-23)12-20-17(19-6)21-13-16(24)22-18(3,4)5;/h14-15H,7-13H2,1-6H3,(H,22,24)(H2,19,20,21);1H. The number of hydrogen-bond acceptors (Lipinski definition) is 3. The van der Waals surface area contributed by atoms with Crippen LogP contribution < -0.4 is 16.0 Å². The Morgan fingerprint density at radius 1 is 1.16 bits per heavy atom. The zero-order valence-corrected chi connectivity index (χ0v) is 19.1. The molecule has 0 radical (unpaired) electrons. The topological polar surface area (TPSA) is 68.8 Å². The zero-order chi connectivity index (χ0) is 18.2. The number of guanidine groups is 1. The summed E-state index contributed by atoms with van der Waals surface area (Å²) in [7, 11) is 1.74. The number of likely N-dealkylation sites (tertiary alicyclic amines) is 1. The second-order valence-corrected chi connectivity index (χ2v) is 8.13. The first-order valence-corrected chi connectivity index (χ1v) is 9.21. The highest BCUT2D eigenvalue weighted by Crippen LogP contribution is 2.17. The van der Waals surface area contributed by atoms with Crippen LogP contribution in [-0.4, -0.2) is 61.6 Å². The molecule has 1 atom stereocenters. The van der Waals surface area contributed by atoms with Crippen molar-refractivity contribution in [3.8, 4) is 0 Å². The molecule has 0 aliphatic carbocycles. The van der Waals surface area contributed by atoms with E-state index in [1.54, 1.807) is 7.05 Å². The highest BCUT2D eigenvalue weighted by molar-refractivity contribution is 14.0. The van der Waals surface area contributed by atoms with Crippen molar-refractivity contribution in [2.45, 2.75) is 65.5 Å². The highest BCUT2D eigenvalue weighted by Gasteiger charge is 2.23. The van der Waals surface area contributed by atoms with Crippen LogP contribution >= 0.6 is 24.0 Å². The van der Waals surface area contributed by atoms with E-state index in [0.29, 0.717) is 17.9 Å². The third kappa shape index (κ3) is 10.9. The summed E-state index contributed by atoms with van der Waals surface area (Å²) in [5, 5.41) is 9.43. The van der Waals surface area contributed by atoms with Crippen molar-refractivity contribution >= 4 is 35.8 Å². The number of rotatable bonds is 7. The monoisotopic (exact) mass is 467 g/mol. The minimum absolute atomic E-state index is 0. The van der Waals surface area contributed by atoms with Gasteiger partial charge in [0, 0.05) is 25.2 Å². The maximum atomic E-state index is 11.9. The van der Waals surface area contributed by atoms with Crippen molar-refractivity contribution in [1.82, 2.24) is 20.9 Å². The maximum absolute atomic E-state index is 11.9. The molecule has 0 bridgehead atoms. The smallest absolute Gasteiger partial charge is 0.239 e. The van der Waals surface area contributed by atoms with Crippen molar-refractivity contribution in [3.05, 3.63) is 0 Å². The van der Waals surface area contributed by atoms with Gasteiger partial charge in [-0.1, -0.05) is 13.8 Å². The van der Waals surface area contributed by atoms with E-state index in [0.717, 1.165) is 6.54 Å². The van der Waals surface area contributed by atoms with Gasteiger partial charge in [-0.3, -0.25) is 14.7 Å². The minimum Gasteiger partial charge on any atom is -0.355 e. The van der Waals surface area contributed by atoms with E-state index >= 15 is 0 Å². The van der Waals surface area contributed by atoms with Crippen LogP contribution in [0.5, 0.6) is 0 Å². The number of amides is 1. The number of nitrogens with zero attached hydrogens (tertiary/aromatic N) is 2. The van der Waals surface area contributed by atoms with Crippen LogP contribution in [0.4, 0.5) is 0 Å². The van der Waals surface area contributed by atoms with Gasteiger partial charge in [0.05, 0.1) is 6.54 Å². The molecule has 0 saturated carbocycles. The fourth-order valence-electron chi connectivity index (χ4n) is 3.07. The molecule has 6 nitrogen and oxygen atoms in total. The fourth-order valence-corrected chi connectivity index (χ4v) is 3.07. The number of carbonyl (C=O) groups is 1. The third-order valence-corrected chi connectivity index (χ3v) is 4.06.